The number of hydrogen-bond donors (Lipinski definition) is 1. The van der Waals surface area contributed by atoms with Crippen LogP contribution in [-0.2, 0) is 11.3 Å². The van der Waals surface area contributed by atoms with E-state index in [2.05, 4.69) is 22.1 Å². The number of anilines is 1. The Hall–Kier alpha value is -3.26. The van der Waals surface area contributed by atoms with Crippen molar-refractivity contribution in [2.24, 2.45) is 0 Å². The fourth-order valence-corrected chi connectivity index (χ4v) is 3.86. The summed E-state index contributed by atoms with van der Waals surface area (Å²) in [6.07, 6.45) is 1.46. The first-order valence-electron chi connectivity index (χ1n) is 10.4. The maximum atomic E-state index is 12.5. The van der Waals surface area contributed by atoms with E-state index >= 15 is 0 Å². The third-order valence-electron chi connectivity index (χ3n) is 4.61. The Morgan fingerprint density at radius 2 is 1.91 bits per heavy atom. The van der Waals surface area contributed by atoms with E-state index in [4.69, 9.17) is 9.47 Å². The number of ether oxygens (including phenoxy) is 2. The zero-order valence-corrected chi connectivity index (χ0v) is 19.4. The quantitative estimate of drug-likeness (QED) is 0.324. The lowest BCUT2D eigenvalue weighted by atomic mass is 10.2. The molecule has 1 unspecified atom stereocenters. The van der Waals surface area contributed by atoms with Gasteiger partial charge in [-0.1, -0.05) is 48.2 Å². The predicted octanol–water partition coefficient (Wildman–Crippen LogP) is 5.04. The van der Waals surface area contributed by atoms with Crippen molar-refractivity contribution < 1.29 is 14.3 Å². The smallest absolute Gasteiger partial charge is 0.234 e. The number of aromatic nitrogens is 3. The molecule has 2 aromatic carbocycles. The van der Waals surface area contributed by atoms with Gasteiger partial charge in [-0.2, -0.15) is 0 Å². The molecule has 3 aromatic rings. The molecule has 0 saturated heterocycles. The van der Waals surface area contributed by atoms with E-state index in [0.29, 0.717) is 35.6 Å². The molecule has 168 valence electrons. The molecule has 0 aliphatic rings. The van der Waals surface area contributed by atoms with Gasteiger partial charge in [0, 0.05) is 6.54 Å². The number of amides is 1. The summed E-state index contributed by atoms with van der Waals surface area (Å²) < 4.78 is 13.6. The molecule has 1 aromatic heterocycles. The van der Waals surface area contributed by atoms with Gasteiger partial charge in [0.1, 0.15) is 11.5 Å². The largest absolute Gasteiger partial charge is 0.492 e. The topological polar surface area (TPSA) is 78.3 Å². The first-order chi connectivity index (χ1) is 15.5. The van der Waals surface area contributed by atoms with Gasteiger partial charge in [-0.15, -0.1) is 16.8 Å². The summed E-state index contributed by atoms with van der Waals surface area (Å²) >= 11 is 1.31. The van der Waals surface area contributed by atoms with Gasteiger partial charge in [0.2, 0.25) is 5.91 Å². The van der Waals surface area contributed by atoms with Gasteiger partial charge in [0.15, 0.2) is 17.1 Å². The third kappa shape index (κ3) is 5.91. The zero-order valence-electron chi connectivity index (χ0n) is 18.6. The van der Waals surface area contributed by atoms with Crippen molar-refractivity contribution >= 4 is 23.4 Å². The Balaban J connectivity index is 1.68. The van der Waals surface area contributed by atoms with Crippen molar-refractivity contribution in [3.8, 4) is 11.5 Å². The van der Waals surface area contributed by atoms with Crippen LogP contribution in [0.4, 0.5) is 5.69 Å². The molecule has 0 radical (unpaired) electrons. The van der Waals surface area contributed by atoms with Gasteiger partial charge in [0.25, 0.3) is 0 Å². The Morgan fingerprint density at radius 1 is 1.19 bits per heavy atom. The van der Waals surface area contributed by atoms with Crippen molar-refractivity contribution in [1.82, 2.24) is 14.8 Å². The highest BCUT2D eigenvalue weighted by Crippen LogP contribution is 2.27. The molecule has 0 spiro atoms. The summed E-state index contributed by atoms with van der Waals surface area (Å²) in [5, 5.41) is 12.1. The molecule has 0 saturated carbocycles. The minimum atomic E-state index is -0.315. The molecule has 1 atom stereocenters. The van der Waals surface area contributed by atoms with Crippen molar-refractivity contribution in [2.75, 3.05) is 17.7 Å². The third-order valence-corrected chi connectivity index (χ3v) is 5.58. The normalized spacial score (nSPS) is 11.6. The number of nitrogens with one attached hydrogen (secondary N) is 1. The van der Waals surface area contributed by atoms with Crippen molar-refractivity contribution in [3.63, 3.8) is 0 Å². The number of aryl methyl sites for hydroxylation is 1. The van der Waals surface area contributed by atoms with Crippen molar-refractivity contribution in [1.29, 1.82) is 0 Å². The van der Waals surface area contributed by atoms with E-state index in [1.807, 2.05) is 73.9 Å². The molecule has 0 bridgehead atoms. The van der Waals surface area contributed by atoms with Gasteiger partial charge < -0.3 is 14.8 Å². The summed E-state index contributed by atoms with van der Waals surface area (Å²) in [6.45, 7) is 10.7. The second-order valence-electron chi connectivity index (χ2n) is 7.03. The fraction of sp³-hybridized carbons (Fsp3) is 0.292. The van der Waals surface area contributed by atoms with Gasteiger partial charge in [-0.25, -0.2) is 0 Å². The molecule has 0 fully saturated rings. The van der Waals surface area contributed by atoms with Gasteiger partial charge in [-0.05, 0) is 44.5 Å². The molecule has 32 heavy (non-hydrogen) atoms. The molecule has 3 rings (SSSR count). The van der Waals surface area contributed by atoms with E-state index in [1.165, 1.54) is 11.8 Å². The number of carbonyl (C=O) groups is 1. The van der Waals surface area contributed by atoms with Crippen molar-refractivity contribution in [2.45, 2.75) is 38.6 Å². The average Bonchev–Trinajstić information content (AvgIpc) is 3.18. The lowest BCUT2D eigenvalue weighted by Gasteiger charge is -2.17. The number of allylic oxidation sites excluding steroid dienone is 1. The highest BCUT2D eigenvalue weighted by Gasteiger charge is 2.20. The molecule has 0 aliphatic carbocycles. The maximum Gasteiger partial charge on any atom is 0.234 e. The van der Waals surface area contributed by atoms with Gasteiger partial charge in [0.05, 0.1) is 18.0 Å². The van der Waals surface area contributed by atoms with Crippen LogP contribution in [0.2, 0.25) is 0 Å². The second kappa shape index (κ2) is 11.4. The average molecular weight is 453 g/mol. The summed E-state index contributed by atoms with van der Waals surface area (Å²) in [4.78, 5) is 12.5. The molecule has 0 aliphatic heterocycles. The van der Waals surface area contributed by atoms with Crippen molar-refractivity contribution in [3.05, 3.63) is 72.6 Å². The summed E-state index contributed by atoms with van der Waals surface area (Å²) in [5.41, 5.74) is 1.70. The maximum absolute atomic E-state index is 12.5. The van der Waals surface area contributed by atoms with Crippen LogP contribution < -0.4 is 14.8 Å². The minimum absolute atomic E-state index is 0.152. The lowest BCUT2D eigenvalue weighted by Crippen LogP contribution is -2.16. The number of carbonyl (C=O) groups excluding carboxylic acids is 1. The Morgan fingerprint density at radius 3 is 2.62 bits per heavy atom. The van der Waals surface area contributed by atoms with Crippen LogP contribution in [0.25, 0.3) is 0 Å². The molecule has 8 heteroatoms. The first kappa shape index (κ1) is 23.4. The van der Waals surface area contributed by atoms with Crippen LogP contribution in [0.3, 0.4) is 0 Å². The number of hydrogen-bond acceptors (Lipinski definition) is 6. The van der Waals surface area contributed by atoms with E-state index in [1.54, 1.807) is 6.08 Å². The van der Waals surface area contributed by atoms with Gasteiger partial charge >= 0.3 is 0 Å². The summed E-state index contributed by atoms with van der Waals surface area (Å²) in [5.74, 6) is 2.16. The Labute approximate surface area is 192 Å². The minimum Gasteiger partial charge on any atom is -0.492 e. The molecule has 7 nitrogen and oxygen atoms in total. The SMILES string of the molecule is C=CCn1c(SCC(=O)Nc2ccccc2OCC)nnc1C(C)Oc1ccccc1C. The van der Waals surface area contributed by atoms with Crippen LogP contribution in [-0.4, -0.2) is 33.0 Å². The first-order valence-corrected chi connectivity index (χ1v) is 11.4. The van der Waals surface area contributed by atoms with E-state index < -0.39 is 0 Å². The Kier molecular flexibility index (Phi) is 8.33. The summed E-state index contributed by atoms with van der Waals surface area (Å²) in [6, 6.07) is 15.2. The van der Waals surface area contributed by atoms with Crippen LogP contribution in [0.1, 0.15) is 31.3 Å². The summed E-state index contributed by atoms with van der Waals surface area (Å²) in [7, 11) is 0. The predicted molar refractivity (Wildman–Crippen MR) is 127 cm³/mol. The Bertz CT molecular complexity index is 1070. The number of nitrogens with zero attached hydrogens (tertiary/aromatic N) is 3. The molecule has 1 heterocycles. The number of para-hydroxylation sites is 3. The van der Waals surface area contributed by atoms with E-state index in [-0.39, 0.29) is 17.8 Å². The van der Waals surface area contributed by atoms with Crippen LogP contribution >= 0.6 is 11.8 Å². The fourth-order valence-electron chi connectivity index (χ4n) is 3.11. The van der Waals surface area contributed by atoms with E-state index in [9.17, 15) is 4.79 Å². The highest BCUT2D eigenvalue weighted by atomic mass is 32.2. The molecule has 1 N–H and O–H groups in total. The number of benzene rings is 2. The van der Waals surface area contributed by atoms with Crippen LogP contribution in [0.5, 0.6) is 11.5 Å². The lowest BCUT2D eigenvalue weighted by molar-refractivity contribution is -0.113. The van der Waals surface area contributed by atoms with Crippen LogP contribution in [0, 0.1) is 6.92 Å². The number of thioether (sulfide) groups is 1. The number of rotatable bonds is 11. The van der Waals surface area contributed by atoms with Gasteiger partial charge in [-0.3, -0.25) is 9.36 Å². The molecular formula is C24H28N4O3S. The molecule has 1 amide bonds. The molecular weight excluding hydrogens is 424 g/mol. The zero-order chi connectivity index (χ0) is 22.9. The standard InChI is InChI=1S/C24H28N4O3S/c1-5-15-28-23(18(4)31-20-13-9-7-11-17(20)3)26-27-24(28)32-16-22(29)25-19-12-8-10-14-21(19)30-6-2/h5,7-14,18H,1,6,15-16H2,2-4H3,(H,25,29). The monoisotopic (exact) mass is 452 g/mol. The highest BCUT2D eigenvalue weighted by molar-refractivity contribution is 7.99. The second-order valence-corrected chi connectivity index (χ2v) is 7.97. The van der Waals surface area contributed by atoms with E-state index in [0.717, 1.165) is 11.3 Å². The van der Waals surface area contributed by atoms with Crippen LogP contribution in [0.15, 0.2) is 66.3 Å².